The van der Waals surface area contributed by atoms with Crippen LogP contribution in [0.25, 0.3) is 0 Å². The quantitative estimate of drug-likeness (QED) is 0.711. The van der Waals surface area contributed by atoms with E-state index in [1.807, 2.05) is 0 Å². The van der Waals surface area contributed by atoms with Gasteiger partial charge in [0.2, 0.25) is 0 Å². The molecule has 2 heteroatoms. The Morgan fingerprint density at radius 2 is 1.56 bits per heavy atom. The lowest BCUT2D eigenvalue weighted by atomic mass is 9.99. The van der Waals surface area contributed by atoms with E-state index in [2.05, 4.69) is 44.4 Å². The Kier molecular flexibility index (Phi) is 5.77. The van der Waals surface area contributed by atoms with Crippen LogP contribution in [0.1, 0.15) is 47.5 Å². The molecular formula is C14H30N2. The van der Waals surface area contributed by atoms with Gasteiger partial charge in [-0.05, 0) is 59.5 Å². The first-order chi connectivity index (χ1) is 7.50. The average molecular weight is 226 g/mol. The second kappa shape index (κ2) is 6.61. The van der Waals surface area contributed by atoms with Gasteiger partial charge >= 0.3 is 0 Å². The van der Waals surface area contributed by atoms with Crippen LogP contribution in [0.15, 0.2) is 0 Å². The van der Waals surface area contributed by atoms with Crippen molar-refractivity contribution in [2.45, 2.75) is 59.5 Å². The molecule has 1 aliphatic heterocycles. The van der Waals surface area contributed by atoms with Gasteiger partial charge in [-0.15, -0.1) is 0 Å². The molecule has 1 saturated heterocycles. The fourth-order valence-electron chi connectivity index (χ4n) is 2.66. The van der Waals surface area contributed by atoms with Crippen molar-refractivity contribution < 1.29 is 0 Å². The smallest absolute Gasteiger partial charge is 0.0115 e. The van der Waals surface area contributed by atoms with Crippen molar-refractivity contribution in [2.75, 3.05) is 26.2 Å². The van der Waals surface area contributed by atoms with Crippen LogP contribution in [-0.2, 0) is 0 Å². The van der Waals surface area contributed by atoms with Gasteiger partial charge < -0.3 is 4.90 Å². The summed E-state index contributed by atoms with van der Waals surface area (Å²) in [5, 5.41) is 0. The van der Waals surface area contributed by atoms with Crippen molar-refractivity contribution in [3.05, 3.63) is 0 Å². The van der Waals surface area contributed by atoms with Crippen molar-refractivity contribution in [3.63, 3.8) is 0 Å². The van der Waals surface area contributed by atoms with Gasteiger partial charge in [-0.3, -0.25) is 4.90 Å². The molecule has 0 N–H and O–H groups in total. The summed E-state index contributed by atoms with van der Waals surface area (Å²) in [5.74, 6) is 0.947. The summed E-state index contributed by atoms with van der Waals surface area (Å²) < 4.78 is 0. The van der Waals surface area contributed by atoms with Gasteiger partial charge in [0, 0.05) is 25.2 Å². The summed E-state index contributed by atoms with van der Waals surface area (Å²) in [6, 6.07) is 1.34. The Labute approximate surface area is 102 Å². The number of piperidine rings is 1. The third-order valence-corrected chi connectivity index (χ3v) is 3.88. The Bertz CT molecular complexity index is 173. The molecule has 2 nitrogen and oxygen atoms in total. The number of hydrogen-bond donors (Lipinski definition) is 0. The number of hydrogen-bond acceptors (Lipinski definition) is 2. The fraction of sp³-hybridized carbons (Fsp3) is 1.00. The molecule has 0 atom stereocenters. The molecule has 0 aromatic carbocycles. The Morgan fingerprint density at radius 1 is 1.06 bits per heavy atom. The van der Waals surface area contributed by atoms with E-state index in [-0.39, 0.29) is 0 Å². The van der Waals surface area contributed by atoms with Crippen molar-refractivity contribution in [1.82, 2.24) is 9.80 Å². The van der Waals surface area contributed by atoms with Crippen molar-refractivity contribution in [2.24, 2.45) is 5.92 Å². The van der Waals surface area contributed by atoms with Crippen molar-refractivity contribution in [1.29, 1.82) is 0 Å². The maximum absolute atomic E-state index is 2.64. The molecule has 0 spiro atoms. The maximum atomic E-state index is 2.64. The molecule has 0 radical (unpaired) electrons. The molecule has 0 amide bonds. The SMILES string of the molecule is CC1CCN(CCN(C(C)C)C(C)C)CC1. The van der Waals surface area contributed by atoms with Crippen LogP contribution in [0, 0.1) is 5.92 Å². The van der Waals surface area contributed by atoms with Crippen molar-refractivity contribution in [3.8, 4) is 0 Å². The zero-order valence-corrected chi connectivity index (χ0v) is 11.9. The molecule has 0 aliphatic carbocycles. The molecular weight excluding hydrogens is 196 g/mol. The molecule has 1 heterocycles. The second-order valence-electron chi connectivity index (χ2n) is 5.95. The summed E-state index contributed by atoms with van der Waals surface area (Å²) in [5.41, 5.74) is 0. The normalized spacial score (nSPS) is 20.2. The standard InChI is InChI=1S/C14H30N2/c1-12(2)16(13(3)4)11-10-15-8-6-14(5)7-9-15/h12-14H,6-11H2,1-5H3. The number of rotatable bonds is 5. The molecule has 0 bridgehead atoms. The topological polar surface area (TPSA) is 6.48 Å². The van der Waals surface area contributed by atoms with E-state index in [1.165, 1.54) is 39.0 Å². The van der Waals surface area contributed by atoms with E-state index < -0.39 is 0 Å². The molecule has 0 aromatic rings. The van der Waals surface area contributed by atoms with E-state index in [0.717, 1.165) is 5.92 Å². The molecule has 16 heavy (non-hydrogen) atoms. The minimum absolute atomic E-state index is 0.670. The molecule has 96 valence electrons. The van der Waals surface area contributed by atoms with E-state index in [1.54, 1.807) is 0 Å². The van der Waals surface area contributed by atoms with Crippen LogP contribution in [-0.4, -0.2) is 48.1 Å². The van der Waals surface area contributed by atoms with E-state index in [9.17, 15) is 0 Å². The highest BCUT2D eigenvalue weighted by Crippen LogP contribution is 2.16. The third-order valence-electron chi connectivity index (χ3n) is 3.88. The van der Waals surface area contributed by atoms with Crippen molar-refractivity contribution >= 4 is 0 Å². The summed E-state index contributed by atoms with van der Waals surface area (Å²) in [6.45, 7) is 16.7. The Hall–Kier alpha value is -0.0800. The first kappa shape index (κ1) is 14.0. The largest absolute Gasteiger partial charge is 0.302 e. The van der Waals surface area contributed by atoms with Crippen LogP contribution < -0.4 is 0 Å². The van der Waals surface area contributed by atoms with Crippen LogP contribution in [0.4, 0.5) is 0 Å². The highest BCUT2D eigenvalue weighted by Gasteiger charge is 2.18. The van der Waals surface area contributed by atoms with Gasteiger partial charge in [-0.1, -0.05) is 6.92 Å². The van der Waals surface area contributed by atoms with E-state index in [0.29, 0.717) is 12.1 Å². The van der Waals surface area contributed by atoms with Gasteiger partial charge in [-0.2, -0.15) is 0 Å². The molecule has 0 aromatic heterocycles. The Balaban J connectivity index is 2.27. The summed E-state index contributed by atoms with van der Waals surface area (Å²) in [7, 11) is 0. The van der Waals surface area contributed by atoms with Crippen LogP contribution >= 0.6 is 0 Å². The number of nitrogens with zero attached hydrogens (tertiary/aromatic N) is 2. The van der Waals surface area contributed by atoms with Gasteiger partial charge in [0.25, 0.3) is 0 Å². The lowest BCUT2D eigenvalue weighted by Crippen LogP contribution is -2.44. The highest BCUT2D eigenvalue weighted by molar-refractivity contribution is 4.73. The van der Waals surface area contributed by atoms with Gasteiger partial charge in [0.1, 0.15) is 0 Å². The molecule has 1 aliphatic rings. The van der Waals surface area contributed by atoms with Crippen LogP contribution in [0.2, 0.25) is 0 Å². The minimum atomic E-state index is 0.670. The molecule has 1 rings (SSSR count). The van der Waals surface area contributed by atoms with Gasteiger partial charge in [-0.25, -0.2) is 0 Å². The van der Waals surface area contributed by atoms with Gasteiger partial charge in [0.05, 0.1) is 0 Å². The first-order valence-electron chi connectivity index (χ1n) is 6.98. The van der Waals surface area contributed by atoms with E-state index in [4.69, 9.17) is 0 Å². The molecule has 0 saturated carbocycles. The Morgan fingerprint density at radius 3 is 2.00 bits per heavy atom. The van der Waals surface area contributed by atoms with Crippen LogP contribution in [0.5, 0.6) is 0 Å². The molecule has 1 fully saturated rings. The van der Waals surface area contributed by atoms with E-state index >= 15 is 0 Å². The maximum Gasteiger partial charge on any atom is 0.0115 e. The van der Waals surface area contributed by atoms with Crippen LogP contribution in [0.3, 0.4) is 0 Å². The lowest BCUT2D eigenvalue weighted by Gasteiger charge is -2.35. The number of likely N-dealkylation sites (tertiary alicyclic amines) is 1. The predicted octanol–water partition coefficient (Wildman–Crippen LogP) is 2.84. The average Bonchev–Trinajstić information content (AvgIpc) is 2.20. The summed E-state index contributed by atoms with van der Waals surface area (Å²) in [6.07, 6.45) is 2.78. The molecule has 0 unspecified atom stereocenters. The highest BCUT2D eigenvalue weighted by atomic mass is 15.2. The zero-order valence-electron chi connectivity index (χ0n) is 11.9. The fourth-order valence-corrected chi connectivity index (χ4v) is 2.66. The lowest BCUT2D eigenvalue weighted by molar-refractivity contribution is 0.124. The first-order valence-corrected chi connectivity index (χ1v) is 6.98. The monoisotopic (exact) mass is 226 g/mol. The van der Waals surface area contributed by atoms with Gasteiger partial charge in [0.15, 0.2) is 0 Å². The zero-order chi connectivity index (χ0) is 12.1. The summed E-state index contributed by atoms with van der Waals surface area (Å²) in [4.78, 5) is 5.23. The minimum Gasteiger partial charge on any atom is -0.302 e. The summed E-state index contributed by atoms with van der Waals surface area (Å²) >= 11 is 0. The second-order valence-corrected chi connectivity index (χ2v) is 5.95. The predicted molar refractivity (Wildman–Crippen MR) is 71.8 cm³/mol. The third kappa shape index (κ3) is 4.42.